The molecule has 0 aliphatic carbocycles. The van der Waals surface area contributed by atoms with Gasteiger partial charge in [0.15, 0.2) is 0 Å². The van der Waals surface area contributed by atoms with Crippen molar-refractivity contribution in [1.29, 1.82) is 0 Å². The number of nitrogens with one attached hydrogen (secondary N) is 2. The van der Waals surface area contributed by atoms with Gasteiger partial charge in [0.1, 0.15) is 0 Å². The van der Waals surface area contributed by atoms with Gasteiger partial charge in [-0.15, -0.1) is 0 Å². The highest BCUT2D eigenvalue weighted by Gasteiger charge is 2.28. The second-order valence-electron chi connectivity index (χ2n) is 6.84. The minimum absolute atomic E-state index is 0.0150. The Hall–Kier alpha value is -2.40. The SMILES string of the molecule is CNCCCNC(=O)C1CCN(C(=O)c2cccc3ccccc23)CC1. The molecule has 1 fully saturated rings. The number of nitrogens with zero attached hydrogens (tertiary/aromatic N) is 1. The van der Waals surface area contributed by atoms with Crippen LogP contribution in [0.4, 0.5) is 0 Å². The molecular weight excluding hydrogens is 326 g/mol. The lowest BCUT2D eigenvalue weighted by Crippen LogP contribution is -2.43. The van der Waals surface area contributed by atoms with Gasteiger partial charge < -0.3 is 15.5 Å². The summed E-state index contributed by atoms with van der Waals surface area (Å²) in [4.78, 5) is 27.1. The maximum atomic E-state index is 13.0. The molecule has 0 radical (unpaired) electrons. The molecular formula is C21H27N3O2. The van der Waals surface area contributed by atoms with Crippen LogP contribution < -0.4 is 10.6 Å². The maximum Gasteiger partial charge on any atom is 0.254 e. The summed E-state index contributed by atoms with van der Waals surface area (Å²) in [6.45, 7) is 2.88. The number of fused-ring (bicyclic) bond motifs is 1. The first-order valence-electron chi connectivity index (χ1n) is 9.40. The van der Waals surface area contributed by atoms with Crippen LogP contribution in [0.15, 0.2) is 42.5 Å². The van der Waals surface area contributed by atoms with Gasteiger partial charge in [-0.2, -0.15) is 0 Å². The molecule has 138 valence electrons. The van der Waals surface area contributed by atoms with Gasteiger partial charge in [0.2, 0.25) is 5.91 Å². The summed E-state index contributed by atoms with van der Waals surface area (Å²) in [6.07, 6.45) is 2.39. The first-order valence-corrected chi connectivity index (χ1v) is 9.40. The summed E-state index contributed by atoms with van der Waals surface area (Å²) in [6, 6.07) is 13.8. The van der Waals surface area contributed by atoms with E-state index in [1.165, 1.54) is 0 Å². The molecule has 0 atom stereocenters. The molecule has 3 rings (SSSR count). The van der Waals surface area contributed by atoms with E-state index >= 15 is 0 Å². The van der Waals surface area contributed by atoms with E-state index in [4.69, 9.17) is 0 Å². The molecule has 1 saturated heterocycles. The van der Waals surface area contributed by atoms with E-state index in [1.807, 2.05) is 54.4 Å². The Morgan fingerprint density at radius 2 is 1.77 bits per heavy atom. The van der Waals surface area contributed by atoms with E-state index in [-0.39, 0.29) is 17.7 Å². The van der Waals surface area contributed by atoms with E-state index in [9.17, 15) is 9.59 Å². The average molecular weight is 353 g/mol. The van der Waals surface area contributed by atoms with E-state index in [0.717, 1.165) is 42.1 Å². The molecule has 0 aromatic heterocycles. The zero-order valence-corrected chi connectivity index (χ0v) is 15.3. The topological polar surface area (TPSA) is 61.4 Å². The first kappa shape index (κ1) is 18.4. The Balaban J connectivity index is 1.57. The number of likely N-dealkylation sites (tertiary alicyclic amines) is 1. The number of piperidine rings is 1. The number of amides is 2. The van der Waals surface area contributed by atoms with Crippen LogP contribution in [-0.4, -0.2) is 49.9 Å². The lowest BCUT2D eigenvalue weighted by Gasteiger charge is -2.31. The molecule has 1 aliphatic rings. The zero-order chi connectivity index (χ0) is 18.4. The predicted octanol–water partition coefficient (Wildman–Crippen LogP) is 2.42. The van der Waals surface area contributed by atoms with Gasteiger partial charge in [-0.1, -0.05) is 36.4 Å². The van der Waals surface area contributed by atoms with E-state index < -0.39 is 0 Å². The molecule has 2 amide bonds. The average Bonchev–Trinajstić information content (AvgIpc) is 2.70. The Labute approximate surface area is 154 Å². The third kappa shape index (κ3) is 4.22. The number of hydrogen-bond acceptors (Lipinski definition) is 3. The van der Waals surface area contributed by atoms with Crippen molar-refractivity contribution in [3.8, 4) is 0 Å². The summed E-state index contributed by atoms with van der Waals surface area (Å²) in [5.74, 6) is 0.203. The number of benzene rings is 2. The van der Waals surface area contributed by atoms with E-state index in [1.54, 1.807) is 0 Å². The first-order chi connectivity index (χ1) is 12.7. The molecule has 0 unspecified atom stereocenters. The number of carbonyl (C=O) groups is 2. The van der Waals surface area contributed by atoms with Crippen molar-refractivity contribution >= 4 is 22.6 Å². The second-order valence-corrected chi connectivity index (χ2v) is 6.84. The van der Waals surface area contributed by atoms with Crippen LogP contribution in [-0.2, 0) is 4.79 Å². The van der Waals surface area contributed by atoms with Crippen molar-refractivity contribution in [2.45, 2.75) is 19.3 Å². The van der Waals surface area contributed by atoms with Gasteiger partial charge >= 0.3 is 0 Å². The minimum Gasteiger partial charge on any atom is -0.356 e. The minimum atomic E-state index is 0.0150. The van der Waals surface area contributed by atoms with Gasteiger partial charge in [0.25, 0.3) is 5.91 Å². The van der Waals surface area contributed by atoms with Crippen LogP contribution in [0.1, 0.15) is 29.6 Å². The summed E-state index contributed by atoms with van der Waals surface area (Å²) >= 11 is 0. The lowest BCUT2D eigenvalue weighted by molar-refractivity contribution is -0.126. The van der Waals surface area contributed by atoms with Crippen molar-refractivity contribution in [3.05, 3.63) is 48.0 Å². The molecule has 0 bridgehead atoms. The number of hydrogen-bond donors (Lipinski definition) is 2. The fourth-order valence-corrected chi connectivity index (χ4v) is 3.55. The smallest absolute Gasteiger partial charge is 0.254 e. The van der Waals surface area contributed by atoms with Crippen LogP contribution in [0.2, 0.25) is 0 Å². The highest BCUT2D eigenvalue weighted by Crippen LogP contribution is 2.23. The van der Waals surface area contributed by atoms with Crippen LogP contribution in [0.3, 0.4) is 0 Å². The quantitative estimate of drug-likeness (QED) is 0.784. The fraction of sp³-hybridized carbons (Fsp3) is 0.429. The molecule has 5 nitrogen and oxygen atoms in total. The maximum absolute atomic E-state index is 13.0. The van der Waals surface area contributed by atoms with Crippen molar-refractivity contribution < 1.29 is 9.59 Å². The molecule has 5 heteroatoms. The highest BCUT2D eigenvalue weighted by atomic mass is 16.2. The predicted molar refractivity (Wildman–Crippen MR) is 104 cm³/mol. The number of carbonyl (C=O) groups excluding carboxylic acids is 2. The molecule has 0 spiro atoms. The Morgan fingerprint density at radius 3 is 2.54 bits per heavy atom. The summed E-state index contributed by atoms with van der Waals surface area (Å²) in [5.41, 5.74) is 0.748. The Morgan fingerprint density at radius 1 is 1.04 bits per heavy atom. The highest BCUT2D eigenvalue weighted by molar-refractivity contribution is 6.07. The summed E-state index contributed by atoms with van der Waals surface area (Å²) < 4.78 is 0. The Bertz CT molecular complexity index is 761. The molecule has 2 N–H and O–H groups in total. The molecule has 0 saturated carbocycles. The second kappa shape index (κ2) is 8.81. The monoisotopic (exact) mass is 353 g/mol. The summed E-state index contributed by atoms with van der Waals surface area (Å²) in [5, 5.41) is 8.14. The van der Waals surface area contributed by atoms with Crippen molar-refractivity contribution in [2.75, 3.05) is 33.2 Å². The van der Waals surface area contributed by atoms with Gasteiger partial charge in [-0.3, -0.25) is 9.59 Å². The van der Waals surface area contributed by atoms with Gasteiger partial charge in [-0.25, -0.2) is 0 Å². The van der Waals surface area contributed by atoms with Crippen molar-refractivity contribution in [3.63, 3.8) is 0 Å². The van der Waals surface area contributed by atoms with Gasteiger partial charge in [0.05, 0.1) is 0 Å². The van der Waals surface area contributed by atoms with Gasteiger partial charge in [-0.05, 0) is 49.7 Å². The van der Waals surface area contributed by atoms with Crippen LogP contribution in [0.5, 0.6) is 0 Å². The van der Waals surface area contributed by atoms with Crippen LogP contribution in [0.25, 0.3) is 10.8 Å². The standard InChI is InChI=1S/C21H27N3O2/c1-22-12-5-13-23-20(25)17-10-14-24(15-11-17)21(26)19-9-4-7-16-6-2-3-8-18(16)19/h2-4,6-9,17,22H,5,10-15H2,1H3,(H,23,25). The Kier molecular flexibility index (Phi) is 6.23. The molecule has 2 aromatic rings. The van der Waals surface area contributed by atoms with Crippen molar-refractivity contribution in [1.82, 2.24) is 15.5 Å². The van der Waals surface area contributed by atoms with Gasteiger partial charge in [0, 0.05) is 31.1 Å². The molecule has 2 aromatic carbocycles. The number of rotatable bonds is 6. The normalized spacial score (nSPS) is 15.2. The van der Waals surface area contributed by atoms with Crippen LogP contribution >= 0.6 is 0 Å². The molecule has 1 aliphatic heterocycles. The van der Waals surface area contributed by atoms with E-state index in [2.05, 4.69) is 10.6 Å². The van der Waals surface area contributed by atoms with E-state index in [0.29, 0.717) is 19.6 Å². The van der Waals surface area contributed by atoms with Crippen LogP contribution in [0, 0.1) is 5.92 Å². The molecule has 1 heterocycles. The third-order valence-electron chi connectivity index (χ3n) is 5.08. The third-order valence-corrected chi connectivity index (χ3v) is 5.08. The largest absolute Gasteiger partial charge is 0.356 e. The summed E-state index contributed by atoms with van der Waals surface area (Å²) in [7, 11) is 1.91. The molecule has 26 heavy (non-hydrogen) atoms. The fourth-order valence-electron chi connectivity index (χ4n) is 3.55. The van der Waals surface area contributed by atoms with Crippen molar-refractivity contribution in [2.24, 2.45) is 5.92 Å². The lowest BCUT2D eigenvalue weighted by atomic mass is 9.95. The zero-order valence-electron chi connectivity index (χ0n) is 15.3.